The van der Waals surface area contributed by atoms with Crippen molar-refractivity contribution in [3.63, 3.8) is 0 Å². The van der Waals surface area contributed by atoms with Gasteiger partial charge in [0.1, 0.15) is 0 Å². The molecule has 4 heteroatoms. The van der Waals surface area contributed by atoms with E-state index in [1.807, 2.05) is 12.3 Å². The average Bonchev–Trinajstić information content (AvgIpc) is 2.90. The largest absolute Gasteiger partial charge is 0.494 e. The van der Waals surface area contributed by atoms with Gasteiger partial charge in [0.2, 0.25) is 0 Å². The van der Waals surface area contributed by atoms with E-state index in [0.717, 1.165) is 18.5 Å². The zero-order valence-electron chi connectivity index (χ0n) is 9.74. The third kappa shape index (κ3) is 1.94. The van der Waals surface area contributed by atoms with Crippen LogP contribution in [-0.4, -0.2) is 24.7 Å². The average molecular weight is 251 g/mol. The maximum Gasteiger partial charge on any atom is 0.171 e. The zero-order chi connectivity index (χ0) is 11.8. The Morgan fingerprint density at radius 3 is 3.18 bits per heavy atom. The van der Waals surface area contributed by atoms with Crippen molar-refractivity contribution in [3.05, 3.63) is 29.1 Å². The molecule has 0 bridgehead atoms. The molecule has 1 aliphatic carbocycles. The third-order valence-electron chi connectivity index (χ3n) is 3.65. The lowest BCUT2D eigenvalue weighted by atomic mass is 10.1. The Kier molecular flexibility index (Phi) is 2.81. The Morgan fingerprint density at radius 2 is 2.41 bits per heavy atom. The van der Waals surface area contributed by atoms with Crippen LogP contribution in [0.15, 0.2) is 18.3 Å². The molecule has 0 spiro atoms. The second-order valence-corrected chi connectivity index (χ2v) is 4.98. The molecule has 1 saturated heterocycles. The number of aromatic nitrogens is 1. The molecular weight excluding hydrogens is 236 g/mol. The van der Waals surface area contributed by atoms with Crippen molar-refractivity contribution in [2.24, 2.45) is 5.92 Å². The summed E-state index contributed by atoms with van der Waals surface area (Å²) >= 11 is 5.93. The molecule has 0 saturated carbocycles. The van der Waals surface area contributed by atoms with Crippen LogP contribution in [0.25, 0.3) is 5.57 Å². The van der Waals surface area contributed by atoms with Crippen LogP contribution in [0.1, 0.15) is 18.4 Å². The molecule has 0 amide bonds. The maximum atomic E-state index is 5.93. The van der Waals surface area contributed by atoms with Crippen LogP contribution < -0.4 is 10.1 Å². The van der Waals surface area contributed by atoms with E-state index in [-0.39, 0.29) is 0 Å². The molecule has 1 aliphatic heterocycles. The summed E-state index contributed by atoms with van der Waals surface area (Å²) in [4.78, 5) is 4.17. The number of ether oxygens (including phenoxy) is 1. The summed E-state index contributed by atoms with van der Waals surface area (Å²) < 4.78 is 5.20. The molecule has 90 valence electrons. The van der Waals surface area contributed by atoms with E-state index < -0.39 is 0 Å². The van der Waals surface area contributed by atoms with Crippen LogP contribution in [0.3, 0.4) is 0 Å². The fourth-order valence-corrected chi connectivity index (χ4v) is 2.92. The van der Waals surface area contributed by atoms with Crippen LogP contribution in [0.2, 0.25) is 5.15 Å². The van der Waals surface area contributed by atoms with Crippen molar-refractivity contribution < 1.29 is 4.74 Å². The van der Waals surface area contributed by atoms with Gasteiger partial charge in [-0.15, -0.1) is 0 Å². The number of pyridine rings is 1. The Bertz CT molecular complexity index is 472. The van der Waals surface area contributed by atoms with Gasteiger partial charge in [-0.2, -0.15) is 0 Å². The molecule has 0 aromatic carbocycles. The molecule has 1 aromatic rings. The first kappa shape index (κ1) is 11.1. The van der Waals surface area contributed by atoms with Crippen molar-refractivity contribution >= 4 is 17.2 Å². The first-order valence-corrected chi connectivity index (χ1v) is 6.29. The van der Waals surface area contributed by atoms with Crippen molar-refractivity contribution in [3.8, 4) is 5.75 Å². The summed E-state index contributed by atoms with van der Waals surface area (Å²) in [6.07, 6.45) is 6.52. The van der Waals surface area contributed by atoms with Crippen LogP contribution in [0, 0.1) is 5.92 Å². The van der Waals surface area contributed by atoms with Gasteiger partial charge in [-0.3, -0.25) is 0 Å². The molecule has 1 fully saturated rings. The lowest BCUT2D eigenvalue weighted by molar-refractivity contribution is 0.413. The van der Waals surface area contributed by atoms with E-state index in [1.165, 1.54) is 12.0 Å². The number of fused-ring (bicyclic) bond motifs is 1. The van der Waals surface area contributed by atoms with Gasteiger partial charge in [-0.1, -0.05) is 17.7 Å². The highest BCUT2D eigenvalue weighted by atomic mass is 35.5. The van der Waals surface area contributed by atoms with Crippen molar-refractivity contribution in [1.29, 1.82) is 0 Å². The minimum absolute atomic E-state index is 0.424. The topological polar surface area (TPSA) is 34.1 Å². The van der Waals surface area contributed by atoms with Crippen LogP contribution >= 0.6 is 11.6 Å². The predicted molar refractivity (Wildman–Crippen MR) is 68.3 cm³/mol. The summed E-state index contributed by atoms with van der Waals surface area (Å²) in [5, 5.41) is 3.95. The van der Waals surface area contributed by atoms with E-state index >= 15 is 0 Å². The normalized spacial score (nSPS) is 26.8. The number of hydrogen-bond donors (Lipinski definition) is 1. The lowest BCUT2D eigenvalue weighted by Gasteiger charge is -2.09. The number of halogens is 1. The molecule has 17 heavy (non-hydrogen) atoms. The Morgan fingerprint density at radius 1 is 1.53 bits per heavy atom. The first-order chi connectivity index (χ1) is 8.28. The van der Waals surface area contributed by atoms with Gasteiger partial charge in [0.25, 0.3) is 0 Å². The number of rotatable bonds is 2. The summed E-state index contributed by atoms with van der Waals surface area (Å²) in [5.41, 5.74) is 2.48. The van der Waals surface area contributed by atoms with Gasteiger partial charge >= 0.3 is 0 Å². The van der Waals surface area contributed by atoms with Gasteiger partial charge in [-0.05, 0) is 42.5 Å². The fourth-order valence-electron chi connectivity index (χ4n) is 2.74. The minimum Gasteiger partial charge on any atom is -0.494 e. The van der Waals surface area contributed by atoms with Crippen molar-refractivity contribution in [2.75, 3.05) is 13.7 Å². The summed E-state index contributed by atoms with van der Waals surface area (Å²) in [7, 11) is 1.62. The monoisotopic (exact) mass is 250 g/mol. The molecule has 3 nitrogen and oxygen atoms in total. The Hall–Kier alpha value is -1.06. The molecule has 2 heterocycles. The van der Waals surface area contributed by atoms with E-state index in [2.05, 4.69) is 16.4 Å². The maximum absolute atomic E-state index is 5.93. The summed E-state index contributed by atoms with van der Waals surface area (Å²) in [6, 6.07) is 2.59. The van der Waals surface area contributed by atoms with Gasteiger partial charge in [0, 0.05) is 12.2 Å². The van der Waals surface area contributed by atoms with Gasteiger partial charge < -0.3 is 10.1 Å². The fraction of sp³-hybridized carbons (Fsp3) is 0.462. The number of methoxy groups -OCH3 is 1. The first-order valence-electron chi connectivity index (χ1n) is 5.92. The van der Waals surface area contributed by atoms with Gasteiger partial charge in [0.05, 0.1) is 7.11 Å². The molecule has 0 radical (unpaired) electrons. The van der Waals surface area contributed by atoms with E-state index in [9.17, 15) is 0 Å². The summed E-state index contributed by atoms with van der Waals surface area (Å²) in [5.74, 6) is 1.33. The van der Waals surface area contributed by atoms with E-state index in [4.69, 9.17) is 16.3 Å². The standard InChI is InChI=1S/C13H15ClN2O/c1-17-12-6-10(7-16-13(12)14)9-4-8-2-3-15-11(8)5-9/h4,6-8,11,15H,2-3,5H2,1H3. The number of nitrogens with zero attached hydrogens (tertiary/aromatic N) is 1. The minimum atomic E-state index is 0.424. The molecular formula is C13H15ClN2O. The van der Waals surface area contributed by atoms with E-state index in [1.54, 1.807) is 7.11 Å². The van der Waals surface area contributed by atoms with Crippen molar-refractivity contribution in [1.82, 2.24) is 10.3 Å². The van der Waals surface area contributed by atoms with Crippen molar-refractivity contribution in [2.45, 2.75) is 18.9 Å². The van der Waals surface area contributed by atoms with Crippen LogP contribution in [0.5, 0.6) is 5.75 Å². The predicted octanol–water partition coefficient (Wildman–Crippen LogP) is 2.51. The Balaban J connectivity index is 1.90. The smallest absolute Gasteiger partial charge is 0.171 e. The number of hydrogen-bond acceptors (Lipinski definition) is 3. The van der Waals surface area contributed by atoms with Gasteiger partial charge in [-0.25, -0.2) is 4.98 Å². The molecule has 1 aromatic heterocycles. The highest BCUT2D eigenvalue weighted by Gasteiger charge is 2.31. The second-order valence-electron chi connectivity index (χ2n) is 4.63. The molecule has 1 N–H and O–H groups in total. The van der Waals surface area contributed by atoms with Gasteiger partial charge in [0.15, 0.2) is 10.9 Å². The molecule has 3 rings (SSSR count). The second kappa shape index (κ2) is 4.31. The molecule has 2 atom stereocenters. The highest BCUT2D eigenvalue weighted by Crippen LogP contribution is 2.37. The lowest BCUT2D eigenvalue weighted by Crippen LogP contribution is -2.22. The summed E-state index contributed by atoms with van der Waals surface area (Å²) in [6.45, 7) is 1.14. The molecule has 2 unspecified atom stereocenters. The van der Waals surface area contributed by atoms with Crippen LogP contribution in [-0.2, 0) is 0 Å². The van der Waals surface area contributed by atoms with Crippen LogP contribution in [0.4, 0.5) is 0 Å². The Labute approximate surface area is 106 Å². The zero-order valence-corrected chi connectivity index (χ0v) is 10.5. The quantitative estimate of drug-likeness (QED) is 0.819. The van der Waals surface area contributed by atoms with E-state index in [0.29, 0.717) is 22.9 Å². The third-order valence-corrected chi connectivity index (χ3v) is 3.94. The highest BCUT2D eigenvalue weighted by molar-refractivity contribution is 6.30. The molecule has 2 aliphatic rings. The SMILES string of the molecule is COc1cc(C2=CC3CCNC3C2)cnc1Cl. The number of nitrogens with one attached hydrogen (secondary N) is 1.